The molecule has 2 aromatic heterocycles. The fraction of sp³-hybridized carbons (Fsp3) is 0.429. The molecule has 2 rings (SSSR count). The Kier molecular flexibility index (Phi) is 4.92. The number of aryl methyl sites for hydroxylation is 1. The molecule has 1 atom stereocenters. The van der Waals surface area contributed by atoms with Gasteiger partial charge in [0.15, 0.2) is 5.82 Å². The van der Waals surface area contributed by atoms with Crippen LogP contribution in [0.15, 0.2) is 18.2 Å². The number of thiophene rings is 1. The zero-order valence-electron chi connectivity index (χ0n) is 12.2. The van der Waals surface area contributed by atoms with Crippen molar-refractivity contribution < 1.29 is 4.74 Å². The maximum atomic E-state index is 5.10. The number of nitrogens with zero attached hydrogens (tertiary/aromatic N) is 2. The lowest BCUT2D eigenvalue weighted by molar-refractivity contribution is 0.178. The highest BCUT2D eigenvalue weighted by atomic mass is 32.1. The molecule has 20 heavy (non-hydrogen) atoms. The largest absolute Gasteiger partial charge is 0.377 e. The predicted molar refractivity (Wildman–Crippen MR) is 83.4 cm³/mol. The van der Waals surface area contributed by atoms with Gasteiger partial charge in [0.1, 0.15) is 18.2 Å². The van der Waals surface area contributed by atoms with E-state index >= 15 is 0 Å². The Morgan fingerprint density at radius 1 is 1.30 bits per heavy atom. The van der Waals surface area contributed by atoms with Gasteiger partial charge in [0.05, 0.1) is 6.04 Å². The van der Waals surface area contributed by atoms with Gasteiger partial charge in [0.2, 0.25) is 0 Å². The van der Waals surface area contributed by atoms with Crippen LogP contribution in [0.4, 0.5) is 11.6 Å². The van der Waals surface area contributed by atoms with Crippen molar-refractivity contribution in [2.45, 2.75) is 26.5 Å². The Morgan fingerprint density at radius 3 is 2.65 bits per heavy atom. The summed E-state index contributed by atoms with van der Waals surface area (Å²) in [6.45, 7) is 4.64. The second-order valence-corrected chi connectivity index (χ2v) is 5.87. The third-order valence-electron chi connectivity index (χ3n) is 2.85. The number of ether oxygens (including phenoxy) is 1. The molecule has 0 saturated carbocycles. The fourth-order valence-corrected chi connectivity index (χ4v) is 2.75. The highest BCUT2D eigenvalue weighted by molar-refractivity contribution is 7.12. The summed E-state index contributed by atoms with van der Waals surface area (Å²) >= 11 is 1.79. The van der Waals surface area contributed by atoms with Gasteiger partial charge < -0.3 is 15.4 Å². The molecule has 108 valence electrons. The van der Waals surface area contributed by atoms with Gasteiger partial charge in [-0.3, -0.25) is 0 Å². The Bertz CT molecular complexity index is 570. The molecule has 0 bridgehead atoms. The van der Waals surface area contributed by atoms with Crippen molar-refractivity contribution in [3.8, 4) is 0 Å². The zero-order valence-corrected chi connectivity index (χ0v) is 13.0. The Morgan fingerprint density at radius 2 is 2.05 bits per heavy atom. The quantitative estimate of drug-likeness (QED) is 0.856. The van der Waals surface area contributed by atoms with Crippen molar-refractivity contribution >= 4 is 23.0 Å². The SMILES string of the molecule is CNc1cc(NC(C)c2ccc(C)s2)nc(COC)n1. The van der Waals surface area contributed by atoms with Crippen LogP contribution in [0, 0.1) is 6.92 Å². The highest BCUT2D eigenvalue weighted by Crippen LogP contribution is 2.25. The summed E-state index contributed by atoms with van der Waals surface area (Å²) < 4.78 is 5.10. The summed E-state index contributed by atoms with van der Waals surface area (Å²) in [6, 6.07) is 6.39. The van der Waals surface area contributed by atoms with E-state index in [-0.39, 0.29) is 6.04 Å². The van der Waals surface area contributed by atoms with E-state index in [1.165, 1.54) is 9.75 Å². The predicted octanol–water partition coefficient (Wildman–Crippen LogP) is 3.21. The lowest BCUT2D eigenvalue weighted by atomic mass is 10.2. The second-order valence-electron chi connectivity index (χ2n) is 4.55. The molecule has 0 fully saturated rings. The maximum absolute atomic E-state index is 5.10. The first-order valence-corrected chi connectivity index (χ1v) is 7.31. The maximum Gasteiger partial charge on any atom is 0.158 e. The van der Waals surface area contributed by atoms with Crippen LogP contribution >= 0.6 is 11.3 Å². The summed E-state index contributed by atoms with van der Waals surface area (Å²) in [7, 11) is 3.48. The van der Waals surface area contributed by atoms with E-state index in [0.29, 0.717) is 12.4 Å². The lowest BCUT2D eigenvalue weighted by Crippen LogP contribution is -2.10. The minimum Gasteiger partial charge on any atom is -0.377 e. The Hall–Kier alpha value is -1.66. The molecule has 1 unspecified atom stereocenters. The van der Waals surface area contributed by atoms with Gasteiger partial charge in [0, 0.05) is 30.0 Å². The molecule has 0 spiro atoms. The minimum absolute atomic E-state index is 0.212. The van der Waals surface area contributed by atoms with Crippen molar-refractivity contribution in [3.05, 3.63) is 33.8 Å². The number of hydrogen-bond donors (Lipinski definition) is 2. The standard InChI is InChI=1S/C14H20N4OS/c1-9-5-6-11(20-9)10(2)16-13-7-12(15-3)17-14(18-13)8-19-4/h5-7,10H,8H2,1-4H3,(H2,15,16,17,18). The van der Waals surface area contributed by atoms with Crippen LogP contribution < -0.4 is 10.6 Å². The van der Waals surface area contributed by atoms with Crippen LogP contribution in [-0.4, -0.2) is 24.1 Å². The van der Waals surface area contributed by atoms with Gasteiger partial charge in [-0.15, -0.1) is 11.3 Å². The molecule has 0 aliphatic carbocycles. The van der Waals surface area contributed by atoms with Crippen molar-refractivity contribution in [2.75, 3.05) is 24.8 Å². The number of nitrogens with one attached hydrogen (secondary N) is 2. The molecule has 0 aliphatic rings. The average Bonchev–Trinajstić information content (AvgIpc) is 2.85. The summed E-state index contributed by atoms with van der Waals surface area (Å²) in [5.41, 5.74) is 0. The first-order valence-electron chi connectivity index (χ1n) is 6.50. The van der Waals surface area contributed by atoms with Gasteiger partial charge in [-0.2, -0.15) is 0 Å². The molecule has 0 amide bonds. The van der Waals surface area contributed by atoms with Crippen LogP contribution in [0.5, 0.6) is 0 Å². The Balaban J connectivity index is 2.17. The molecule has 0 radical (unpaired) electrons. The second kappa shape index (κ2) is 6.67. The van der Waals surface area contributed by atoms with E-state index in [9.17, 15) is 0 Å². The van der Waals surface area contributed by atoms with Crippen molar-refractivity contribution in [1.82, 2.24) is 9.97 Å². The lowest BCUT2D eigenvalue weighted by Gasteiger charge is -2.14. The molecule has 2 heterocycles. The third kappa shape index (κ3) is 3.68. The number of hydrogen-bond acceptors (Lipinski definition) is 6. The van der Waals surface area contributed by atoms with Gasteiger partial charge in [-0.25, -0.2) is 9.97 Å². The minimum atomic E-state index is 0.212. The number of methoxy groups -OCH3 is 1. The fourth-order valence-electron chi connectivity index (χ4n) is 1.87. The monoisotopic (exact) mass is 292 g/mol. The number of rotatable bonds is 6. The summed E-state index contributed by atoms with van der Waals surface area (Å²) in [6.07, 6.45) is 0. The van der Waals surface area contributed by atoms with Gasteiger partial charge >= 0.3 is 0 Å². The topological polar surface area (TPSA) is 59.1 Å². The molecule has 2 aromatic rings. The Labute approximate surface area is 123 Å². The van der Waals surface area contributed by atoms with Crippen LogP contribution in [0.3, 0.4) is 0 Å². The molecular formula is C14H20N4OS. The summed E-state index contributed by atoms with van der Waals surface area (Å²) in [5.74, 6) is 2.25. The summed E-state index contributed by atoms with van der Waals surface area (Å²) in [5, 5.41) is 6.45. The van der Waals surface area contributed by atoms with E-state index in [0.717, 1.165) is 11.6 Å². The van der Waals surface area contributed by atoms with E-state index in [1.54, 1.807) is 18.4 Å². The number of aromatic nitrogens is 2. The normalized spacial score (nSPS) is 12.2. The van der Waals surface area contributed by atoms with E-state index in [4.69, 9.17) is 4.74 Å². The van der Waals surface area contributed by atoms with Gasteiger partial charge in [-0.1, -0.05) is 0 Å². The first-order chi connectivity index (χ1) is 9.62. The van der Waals surface area contributed by atoms with Crippen molar-refractivity contribution in [1.29, 1.82) is 0 Å². The van der Waals surface area contributed by atoms with Crippen LogP contribution in [0.1, 0.15) is 28.5 Å². The molecular weight excluding hydrogens is 272 g/mol. The smallest absolute Gasteiger partial charge is 0.158 e. The average molecular weight is 292 g/mol. The van der Waals surface area contributed by atoms with Crippen LogP contribution in [-0.2, 0) is 11.3 Å². The van der Waals surface area contributed by atoms with Crippen molar-refractivity contribution in [2.24, 2.45) is 0 Å². The molecule has 6 heteroatoms. The molecule has 0 saturated heterocycles. The third-order valence-corrected chi connectivity index (χ3v) is 4.04. The highest BCUT2D eigenvalue weighted by Gasteiger charge is 2.10. The first kappa shape index (κ1) is 14.7. The van der Waals surface area contributed by atoms with Gasteiger partial charge in [0.25, 0.3) is 0 Å². The zero-order chi connectivity index (χ0) is 14.5. The van der Waals surface area contributed by atoms with E-state index in [2.05, 4.69) is 46.6 Å². The van der Waals surface area contributed by atoms with Crippen molar-refractivity contribution in [3.63, 3.8) is 0 Å². The molecule has 5 nitrogen and oxygen atoms in total. The van der Waals surface area contributed by atoms with E-state index in [1.807, 2.05) is 13.1 Å². The molecule has 2 N–H and O–H groups in total. The number of anilines is 2. The van der Waals surface area contributed by atoms with Gasteiger partial charge in [-0.05, 0) is 26.0 Å². The van der Waals surface area contributed by atoms with E-state index < -0.39 is 0 Å². The molecule has 0 aromatic carbocycles. The summed E-state index contributed by atoms with van der Waals surface area (Å²) in [4.78, 5) is 11.4. The molecule has 0 aliphatic heterocycles. The van der Waals surface area contributed by atoms with Crippen LogP contribution in [0.2, 0.25) is 0 Å². The van der Waals surface area contributed by atoms with Crippen LogP contribution in [0.25, 0.3) is 0 Å².